The summed E-state index contributed by atoms with van der Waals surface area (Å²) < 4.78 is 1.73. The molecule has 0 saturated carbocycles. The molecule has 1 N–H and O–H groups in total. The zero-order chi connectivity index (χ0) is 18.6. The Morgan fingerprint density at radius 1 is 1.04 bits per heavy atom. The van der Waals surface area contributed by atoms with Crippen molar-refractivity contribution in [3.63, 3.8) is 0 Å². The second-order valence-electron chi connectivity index (χ2n) is 6.23. The standard InChI is InChI=1S/C20H19N5OS/c1-14-22-23-20-25(14)24-17(27-20)12-13-21-19(26)18(15-8-4-2-5-9-15)16-10-6-3-7-11-16/h2-11,18H,12-13H2,1H3,(H,21,26). The number of aryl methyl sites for hydroxylation is 1. The van der Waals surface area contributed by atoms with Gasteiger partial charge in [0.15, 0.2) is 5.82 Å². The van der Waals surface area contributed by atoms with E-state index in [1.807, 2.05) is 67.6 Å². The Morgan fingerprint density at radius 2 is 1.67 bits per heavy atom. The number of nitrogens with one attached hydrogen (secondary N) is 1. The molecule has 27 heavy (non-hydrogen) atoms. The predicted molar refractivity (Wildman–Crippen MR) is 105 cm³/mol. The molecule has 0 fully saturated rings. The Morgan fingerprint density at radius 3 is 2.26 bits per heavy atom. The molecule has 4 aromatic rings. The van der Waals surface area contributed by atoms with E-state index < -0.39 is 0 Å². The summed E-state index contributed by atoms with van der Waals surface area (Å²) in [6.07, 6.45) is 0.662. The molecule has 0 aliphatic carbocycles. The summed E-state index contributed by atoms with van der Waals surface area (Å²) in [4.78, 5) is 13.7. The number of carbonyl (C=O) groups is 1. The van der Waals surface area contributed by atoms with Crippen LogP contribution in [0.15, 0.2) is 60.7 Å². The van der Waals surface area contributed by atoms with Gasteiger partial charge in [-0.1, -0.05) is 72.0 Å². The highest BCUT2D eigenvalue weighted by Crippen LogP contribution is 2.24. The van der Waals surface area contributed by atoms with Gasteiger partial charge in [0.05, 0.1) is 5.92 Å². The minimum Gasteiger partial charge on any atom is -0.355 e. The van der Waals surface area contributed by atoms with Crippen molar-refractivity contribution in [3.8, 4) is 0 Å². The van der Waals surface area contributed by atoms with Gasteiger partial charge in [-0.15, -0.1) is 10.2 Å². The molecule has 0 aliphatic rings. The highest BCUT2D eigenvalue weighted by atomic mass is 32.1. The van der Waals surface area contributed by atoms with E-state index in [0.717, 1.165) is 26.9 Å². The molecule has 0 spiro atoms. The number of carbonyl (C=O) groups excluding carboxylic acids is 1. The summed E-state index contributed by atoms with van der Waals surface area (Å²) in [5, 5.41) is 16.5. The smallest absolute Gasteiger partial charge is 0.234 e. The zero-order valence-electron chi connectivity index (χ0n) is 14.9. The Labute approximate surface area is 160 Å². The molecule has 136 valence electrons. The van der Waals surface area contributed by atoms with E-state index in [9.17, 15) is 4.79 Å². The lowest BCUT2D eigenvalue weighted by molar-refractivity contribution is -0.121. The Hall–Kier alpha value is -3.06. The van der Waals surface area contributed by atoms with Crippen LogP contribution >= 0.6 is 11.3 Å². The second kappa shape index (κ2) is 7.67. The summed E-state index contributed by atoms with van der Waals surface area (Å²) in [5.74, 6) is 0.434. The molecule has 0 saturated heterocycles. The minimum atomic E-state index is -0.326. The van der Waals surface area contributed by atoms with Crippen molar-refractivity contribution in [3.05, 3.63) is 82.6 Å². The van der Waals surface area contributed by atoms with Crippen LogP contribution in [-0.2, 0) is 11.2 Å². The third-order valence-corrected chi connectivity index (χ3v) is 5.31. The molecule has 0 bridgehead atoms. The molecule has 4 rings (SSSR count). The van der Waals surface area contributed by atoms with E-state index in [2.05, 4.69) is 20.6 Å². The van der Waals surface area contributed by atoms with Crippen LogP contribution in [-0.4, -0.2) is 32.3 Å². The first kappa shape index (κ1) is 17.4. The van der Waals surface area contributed by atoms with Crippen molar-refractivity contribution in [1.82, 2.24) is 25.1 Å². The number of hydrogen-bond acceptors (Lipinski definition) is 5. The lowest BCUT2D eigenvalue weighted by atomic mass is 9.90. The predicted octanol–water partition coefficient (Wildman–Crippen LogP) is 2.99. The number of nitrogens with zero attached hydrogens (tertiary/aromatic N) is 4. The Balaban J connectivity index is 1.47. The van der Waals surface area contributed by atoms with Crippen molar-refractivity contribution < 1.29 is 4.79 Å². The van der Waals surface area contributed by atoms with E-state index >= 15 is 0 Å². The Kier molecular flexibility index (Phi) is 4.93. The summed E-state index contributed by atoms with van der Waals surface area (Å²) in [6, 6.07) is 19.7. The molecular formula is C20H19N5OS. The molecule has 2 heterocycles. The van der Waals surface area contributed by atoms with Crippen molar-refractivity contribution in [2.45, 2.75) is 19.3 Å². The van der Waals surface area contributed by atoms with Crippen LogP contribution in [0.1, 0.15) is 27.9 Å². The van der Waals surface area contributed by atoms with Crippen LogP contribution in [0.4, 0.5) is 0 Å². The third kappa shape index (κ3) is 3.73. The number of amides is 1. The van der Waals surface area contributed by atoms with Gasteiger partial charge >= 0.3 is 0 Å². The van der Waals surface area contributed by atoms with E-state index in [0.29, 0.717) is 13.0 Å². The van der Waals surface area contributed by atoms with Crippen molar-refractivity contribution in [2.24, 2.45) is 0 Å². The fraction of sp³-hybridized carbons (Fsp3) is 0.200. The van der Waals surface area contributed by atoms with Gasteiger partial charge in [0.2, 0.25) is 10.9 Å². The first-order valence-electron chi connectivity index (χ1n) is 8.77. The van der Waals surface area contributed by atoms with Gasteiger partial charge in [-0.25, -0.2) is 0 Å². The van der Waals surface area contributed by atoms with Crippen LogP contribution in [0.3, 0.4) is 0 Å². The number of benzene rings is 2. The monoisotopic (exact) mass is 377 g/mol. The number of hydrogen-bond donors (Lipinski definition) is 1. The fourth-order valence-corrected chi connectivity index (χ4v) is 3.91. The van der Waals surface area contributed by atoms with Gasteiger partial charge < -0.3 is 5.32 Å². The molecule has 1 amide bonds. The maximum absolute atomic E-state index is 13.0. The second-order valence-corrected chi connectivity index (χ2v) is 7.27. The van der Waals surface area contributed by atoms with Crippen LogP contribution < -0.4 is 5.32 Å². The molecule has 0 unspecified atom stereocenters. The number of rotatable bonds is 6. The maximum Gasteiger partial charge on any atom is 0.234 e. The maximum atomic E-state index is 13.0. The SMILES string of the molecule is Cc1nnc2sc(CCNC(=O)C(c3ccccc3)c3ccccc3)nn12. The first-order chi connectivity index (χ1) is 13.2. The van der Waals surface area contributed by atoms with Gasteiger partial charge in [0, 0.05) is 13.0 Å². The molecule has 2 aromatic carbocycles. The van der Waals surface area contributed by atoms with Crippen molar-refractivity contribution >= 4 is 22.2 Å². The Bertz CT molecular complexity index is 1000. The molecular weight excluding hydrogens is 358 g/mol. The molecule has 7 heteroatoms. The number of aromatic nitrogens is 4. The lowest BCUT2D eigenvalue weighted by Gasteiger charge is -2.17. The number of fused-ring (bicyclic) bond motifs is 1. The van der Waals surface area contributed by atoms with Crippen molar-refractivity contribution in [1.29, 1.82) is 0 Å². The minimum absolute atomic E-state index is 0.00780. The fourth-order valence-electron chi connectivity index (χ4n) is 3.04. The highest BCUT2D eigenvalue weighted by Gasteiger charge is 2.22. The zero-order valence-corrected chi connectivity index (χ0v) is 15.7. The van der Waals surface area contributed by atoms with Crippen LogP contribution in [0, 0.1) is 6.92 Å². The van der Waals surface area contributed by atoms with Crippen molar-refractivity contribution in [2.75, 3.05) is 6.54 Å². The summed E-state index contributed by atoms with van der Waals surface area (Å²) in [7, 11) is 0. The normalized spacial score (nSPS) is 11.2. The molecule has 0 aliphatic heterocycles. The molecule has 0 atom stereocenters. The summed E-state index contributed by atoms with van der Waals surface area (Å²) in [6.45, 7) is 2.40. The molecule has 0 radical (unpaired) electrons. The first-order valence-corrected chi connectivity index (χ1v) is 9.59. The van der Waals surface area contributed by atoms with E-state index in [1.54, 1.807) is 4.52 Å². The van der Waals surface area contributed by atoms with E-state index in [1.165, 1.54) is 11.3 Å². The molecule has 6 nitrogen and oxygen atoms in total. The molecule has 2 aromatic heterocycles. The summed E-state index contributed by atoms with van der Waals surface area (Å²) >= 11 is 1.50. The van der Waals surface area contributed by atoms with E-state index in [4.69, 9.17) is 0 Å². The average Bonchev–Trinajstić information content (AvgIpc) is 3.25. The highest BCUT2D eigenvalue weighted by molar-refractivity contribution is 7.16. The summed E-state index contributed by atoms with van der Waals surface area (Å²) in [5.41, 5.74) is 1.96. The topological polar surface area (TPSA) is 72.2 Å². The lowest BCUT2D eigenvalue weighted by Crippen LogP contribution is -2.31. The quantitative estimate of drug-likeness (QED) is 0.561. The third-order valence-electron chi connectivity index (χ3n) is 4.35. The van der Waals surface area contributed by atoms with Gasteiger partial charge in [-0.05, 0) is 18.1 Å². The average molecular weight is 377 g/mol. The van der Waals surface area contributed by atoms with Gasteiger partial charge in [0.25, 0.3) is 0 Å². The van der Waals surface area contributed by atoms with Crippen LogP contribution in [0.2, 0.25) is 0 Å². The van der Waals surface area contributed by atoms with Gasteiger partial charge in [0.1, 0.15) is 5.01 Å². The van der Waals surface area contributed by atoms with Crippen LogP contribution in [0.5, 0.6) is 0 Å². The van der Waals surface area contributed by atoms with E-state index in [-0.39, 0.29) is 11.8 Å². The van der Waals surface area contributed by atoms with Gasteiger partial charge in [-0.3, -0.25) is 4.79 Å². The van der Waals surface area contributed by atoms with Gasteiger partial charge in [-0.2, -0.15) is 9.61 Å². The van der Waals surface area contributed by atoms with Crippen LogP contribution in [0.25, 0.3) is 4.96 Å². The largest absolute Gasteiger partial charge is 0.355 e.